The standard InChI is InChI=1S/C17H13Cl2FN2O2/c18-14-2-1-3-15(19)13(14)8-9-16(23)21-22-17(24)10-11-4-6-12(20)7-5-11/h1-9H,10H2,(H,21,23)(H,22,24)/b9-8+. The number of benzene rings is 2. The topological polar surface area (TPSA) is 58.2 Å². The molecule has 0 fully saturated rings. The summed E-state index contributed by atoms with van der Waals surface area (Å²) < 4.78 is 12.8. The first kappa shape index (κ1) is 18.0. The predicted molar refractivity (Wildman–Crippen MR) is 91.9 cm³/mol. The molecule has 24 heavy (non-hydrogen) atoms. The van der Waals surface area contributed by atoms with E-state index in [2.05, 4.69) is 10.9 Å². The van der Waals surface area contributed by atoms with Gasteiger partial charge >= 0.3 is 0 Å². The maximum atomic E-state index is 12.8. The molecule has 0 atom stereocenters. The summed E-state index contributed by atoms with van der Waals surface area (Å²) in [7, 11) is 0. The number of hydrogen-bond donors (Lipinski definition) is 2. The molecule has 0 saturated carbocycles. The molecule has 2 aromatic carbocycles. The first-order chi connectivity index (χ1) is 11.5. The third-order valence-electron chi connectivity index (χ3n) is 3.00. The van der Waals surface area contributed by atoms with Gasteiger partial charge in [0.05, 0.1) is 6.42 Å². The molecule has 0 aliphatic carbocycles. The summed E-state index contributed by atoms with van der Waals surface area (Å²) in [5, 5.41) is 0.818. The van der Waals surface area contributed by atoms with E-state index in [1.165, 1.54) is 36.4 Å². The molecule has 2 N–H and O–H groups in total. The molecule has 2 amide bonds. The van der Waals surface area contributed by atoms with Crippen molar-refractivity contribution in [2.45, 2.75) is 6.42 Å². The Kier molecular flexibility index (Phi) is 6.35. The molecule has 0 aliphatic rings. The maximum Gasteiger partial charge on any atom is 0.262 e. The highest BCUT2D eigenvalue weighted by Crippen LogP contribution is 2.25. The zero-order chi connectivity index (χ0) is 17.5. The first-order valence-corrected chi connectivity index (χ1v) is 7.66. The fourth-order valence-corrected chi connectivity index (χ4v) is 2.36. The van der Waals surface area contributed by atoms with Crippen molar-refractivity contribution in [1.29, 1.82) is 0 Å². The number of rotatable bonds is 4. The highest BCUT2D eigenvalue weighted by atomic mass is 35.5. The lowest BCUT2D eigenvalue weighted by Crippen LogP contribution is -2.41. The molecule has 4 nitrogen and oxygen atoms in total. The van der Waals surface area contributed by atoms with Crippen LogP contribution in [0.25, 0.3) is 6.08 Å². The van der Waals surface area contributed by atoms with Crippen molar-refractivity contribution in [3.63, 3.8) is 0 Å². The Morgan fingerprint density at radius 2 is 1.62 bits per heavy atom. The molecule has 0 saturated heterocycles. The molecule has 0 aliphatic heterocycles. The van der Waals surface area contributed by atoms with Gasteiger partial charge in [-0.1, -0.05) is 41.4 Å². The Morgan fingerprint density at radius 1 is 1.00 bits per heavy atom. The Bertz CT molecular complexity index is 756. The average Bonchev–Trinajstić information content (AvgIpc) is 2.54. The van der Waals surface area contributed by atoms with Crippen molar-refractivity contribution in [3.8, 4) is 0 Å². The van der Waals surface area contributed by atoms with Crippen LogP contribution in [0.15, 0.2) is 48.5 Å². The van der Waals surface area contributed by atoms with Crippen molar-refractivity contribution in [3.05, 3.63) is 75.5 Å². The van der Waals surface area contributed by atoms with Crippen molar-refractivity contribution in [1.82, 2.24) is 10.9 Å². The highest BCUT2D eigenvalue weighted by molar-refractivity contribution is 6.37. The molecule has 0 unspecified atom stereocenters. The van der Waals surface area contributed by atoms with Crippen molar-refractivity contribution in [2.75, 3.05) is 0 Å². The Balaban J connectivity index is 1.85. The van der Waals surface area contributed by atoms with Crippen LogP contribution in [0.4, 0.5) is 4.39 Å². The van der Waals surface area contributed by atoms with Crippen LogP contribution >= 0.6 is 23.2 Å². The molecule has 0 spiro atoms. The van der Waals surface area contributed by atoms with E-state index in [1.54, 1.807) is 18.2 Å². The Labute approximate surface area is 148 Å². The number of carbonyl (C=O) groups excluding carboxylic acids is 2. The second-order valence-electron chi connectivity index (χ2n) is 4.81. The van der Waals surface area contributed by atoms with E-state index in [4.69, 9.17) is 23.2 Å². The number of hydrazine groups is 1. The van der Waals surface area contributed by atoms with E-state index in [-0.39, 0.29) is 12.2 Å². The normalized spacial score (nSPS) is 10.6. The largest absolute Gasteiger partial charge is 0.273 e. The van der Waals surface area contributed by atoms with Gasteiger partial charge in [-0.2, -0.15) is 0 Å². The Morgan fingerprint density at radius 3 is 2.25 bits per heavy atom. The van der Waals surface area contributed by atoms with Gasteiger partial charge in [0.1, 0.15) is 5.82 Å². The number of nitrogens with one attached hydrogen (secondary N) is 2. The molecule has 124 valence electrons. The van der Waals surface area contributed by atoms with E-state index in [9.17, 15) is 14.0 Å². The van der Waals surface area contributed by atoms with Crippen LogP contribution < -0.4 is 10.9 Å². The number of hydrogen-bond acceptors (Lipinski definition) is 2. The highest BCUT2D eigenvalue weighted by Gasteiger charge is 2.05. The molecular formula is C17H13Cl2FN2O2. The number of carbonyl (C=O) groups is 2. The van der Waals surface area contributed by atoms with Gasteiger partial charge in [-0.3, -0.25) is 20.4 Å². The van der Waals surface area contributed by atoms with Gasteiger partial charge in [-0.25, -0.2) is 4.39 Å². The third-order valence-corrected chi connectivity index (χ3v) is 3.66. The van der Waals surface area contributed by atoms with E-state index in [1.807, 2.05) is 0 Å². The fourth-order valence-electron chi connectivity index (χ4n) is 1.83. The van der Waals surface area contributed by atoms with E-state index in [0.717, 1.165) is 0 Å². The SMILES string of the molecule is O=C(/C=C/c1c(Cl)cccc1Cl)NNC(=O)Cc1ccc(F)cc1. The van der Waals surface area contributed by atoms with Crippen molar-refractivity contribution >= 4 is 41.1 Å². The summed E-state index contributed by atoms with van der Waals surface area (Å²) in [4.78, 5) is 23.4. The van der Waals surface area contributed by atoms with Crippen LogP contribution in [0.3, 0.4) is 0 Å². The van der Waals surface area contributed by atoms with Crippen LogP contribution in [-0.2, 0) is 16.0 Å². The molecular weight excluding hydrogens is 354 g/mol. The fraction of sp³-hybridized carbons (Fsp3) is 0.0588. The predicted octanol–water partition coefficient (Wildman–Crippen LogP) is 3.54. The first-order valence-electron chi connectivity index (χ1n) is 6.91. The molecule has 0 bridgehead atoms. The second-order valence-corrected chi connectivity index (χ2v) is 5.62. The average molecular weight is 367 g/mol. The van der Waals surface area contributed by atoms with Gasteiger partial charge in [0.25, 0.3) is 5.91 Å². The minimum atomic E-state index is -0.543. The quantitative estimate of drug-likeness (QED) is 0.642. The van der Waals surface area contributed by atoms with Crippen LogP contribution in [0.1, 0.15) is 11.1 Å². The van der Waals surface area contributed by atoms with Crippen molar-refractivity contribution < 1.29 is 14.0 Å². The van der Waals surface area contributed by atoms with Crippen LogP contribution in [-0.4, -0.2) is 11.8 Å². The lowest BCUT2D eigenvalue weighted by Gasteiger charge is -2.06. The summed E-state index contributed by atoms with van der Waals surface area (Å²) in [5.74, 6) is -1.35. The van der Waals surface area contributed by atoms with Gasteiger partial charge < -0.3 is 0 Å². The summed E-state index contributed by atoms with van der Waals surface area (Å²) >= 11 is 12.0. The summed E-state index contributed by atoms with van der Waals surface area (Å²) in [6.45, 7) is 0. The lowest BCUT2D eigenvalue weighted by atomic mass is 10.1. The second kappa shape index (κ2) is 8.47. The summed E-state index contributed by atoms with van der Waals surface area (Å²) in [6.07, 6.45) is 2.66. The molecule has 0 radical (unpaired) electrons. The monoisotopic (exact) mass is 366 g/mol. The van der Waals surface area contributed by atoms with Gasteiger partial charge in [0.15, 0.2) is 0 Å². The van der Waals surface area contributed by atoms with Gasteiger partial charge in [0, 0.05) is 21.7 Å². The number of halogens is 3. The summed E-state index contributed by atoms with van der Waals surface area (Å²) in [5.41, 5.74) is 5.63. The van der Waals surface area contributed by atoms with Gasteiger partial charge in [-0.15, -0.1) is 0 Å². The smallest absolute Gasteiger partial charge is 0.262 e. The maximum absolute atomic E-state index is 12.8. The van der Waals surface area contributed by atoms with E-state index < -0.39 is 11.8 Å². The lowest BCUT2D eigenvalue weighted by molar-refractivity contribution is -0.126. The van der Waals surface area contributed by atoms with Crippen molar-refractivity contribution in [2.24, 2.45) is 0 Å². The minimum absolute atomic E-state index is 0.0145. The van der Waals surface area contributed by atoms with Crippen LogP contribution in [0, 0.1) is 5.82 Å². The van der Waals surface area contributed by atoms with Gasteiger partial charge in [-0.05, 0) is 35.9 Å². The molecule has 2 aromatic rings. The minimum Gasteiger partial charge on any atom is -0.273 e. The zero-order valence-corrected chi connectivity index (χ0v) is 13.9. The Hall–Kier alpha value is -2.37. The molecule has 7 heteroatoms. The van der Waals surface area contributed by atoms with Crippen LogP contribution in [0.5, 0.6) is 0 Å². The zero-order valence-electron chi connectivity index (χ0n) is 12.4. The number of amides is 2. The molecule has 2 rings (SSSR count). The van der Waals surface area contributed by atoms with E-state index in [0.29, 0.717) is 21.2 Å². The third kappa shape index (κ3) is 5.37. The molecule has 0 heterocycles. The van der Waals surface area contributed by atoms with Gasteiger partial charge in [0.2, 0.25) is 5.91 Å². The summed E-state index contributed by atoms with van der Waals surface area (Å²) in [6, 6.07) is 10.5. The van der Waals surface area contributed by atoms with E-state index >= 15 is 0 Å². The van der Waals surface area contributed by atoms with Crippen LogP contribution in [0.2, 0.25) is 10.0 Å². The molecule has 0 aromatic heterocycles.